The molecule has 0 radical (unpaired) electrons. The van der Waals surface area contributed by atoms with Crippen LogP contribution in [0, 0.1) is 0 Å². The Morgan fingerprint density at radius 3 is 2.52 bits per heavy atom. The Kier molecular flexibility index (Phi) is 4.35. The van der Waals surface area contributed by atoms with E-state index in [9.17, 15) is 0 Å². The largest absolute Gasteiger partial charge is 0.494 e. The molecule has 6 rings (SSSR count). The number of ether oxygens (including phenoxy) is 1. The van der Waals surface area contributed by atoms with Crippen molar-refractivity contribution >= 4 is 22.5 Å². The van der Waals surface area contributed by atoms with E-state index in [2.05, 4.69) is 4.98 Å². The minimum atomic E-state index is -0.489. The number of fused-ring (bicyclic) bond motifs is 3. The lowest BCUT2D eigenvalue weighted by atomic mass is 9.72. The van der Waals surface area contributed by atoms with Gasteiger partial charge in [-0.3, -0.25) is 9.97 Å². The summed E-state index contributed by atoms with van der Waals surface area (Å²) in [4.78, 5) is 19.2. The van der Waals surface area contributed by atoms with Crippen LogP contribution in [0.1, 0.15) is 80.2 Å². The molecule has 33 heavy (non-hydrogen) atoms. The van der Waals surface area contributed by atoms with Gasteiger partial charge in [0.2, 0.25) is 5.95 Å². The van der Waals surface area contributed by atoms with Gasteiger partial charge in [0.25, 0.3) is 0 Å². The van der Waals surface area contributed by atoms with E-state index in [1.54, 1.807) is 11.6 Å². The predicted molar refractivity (Wildman–Crippen MR) is 125 cm³/mol. The van der Waals surface area contributed by atoms with Gasteiger partial charge in [-0.2, -0.15) is 4.52 Å². The van der Waals surface area contributed by atoms with Gasteiger partial charge in [0, 0.05) is 23.1 Å². The molecule has 4 aromatic rings. The molecular formula is C24H28N8O. The van der Waals surface area contributed by atoms with Crippen LogP contribution in [-0.2, 0) is 5.54 Å². The summed E-state index contributed by atoms with van der Waals surface area (Å²) < 4.78 is 7.09. The van der Waals surface area contributed by atoms with E-state index < -0.39 is 5.54 Å². The quantitative estimate of drug-likeness (QED) is 0.479. The average Bonchev–Trinajstić information content (AvgIpc) is 3.50. The molecule has 9 heteroatoms. The van der Waals surface area contributed by atoms with Crippen molar-refractivity contribution in [1.82, 2.24) is 29.5 Å². The van der Waals surface area contributed by atoms with Crippen LogP contribution < -0.4 is 16.2 Å². The fourth-order valence-corrected chi connectivity index (χ4v) is 4.73. The standard InChI is InChI=1S/C24H28N8O/c1-24(2,26)17-11-27-18(19(28-17)12-7-8-12)13-9-14(10-13)21-30-22-15-5-4-6-16(33-3)20(15)29-23(25)32(22)31-21/h4-6,11-14H,7-10,26H2,1-3H3,(H2,25,29)/t13-,14-. The fourth-order valence-electron chi connectivity index (χ4n) is 4.73. The highest BCUT2D eigenvalue weighted by atomic mass is 16.5. The molecule has 2 aliphatic rings. The number of hydrogen-bond acceptors (Lipinski definition) is 8. The second kappa shape index (κ2) is 7.08. The van der Waals surface area contributed by atoms with E-state index >= 15 is 0 Å². The molecule has 0 saturated heterocycles. The molecule has 0 bridgehead atoms. The van der Waals surface area contributed by atoms with Crippen molar-refractivity contribution in [2.24, 2.45) is 5.73 Å². The summed E-state index contributed by atoms with van der Waals surface area (Å²) in [5.41, 5.74) is 16.5. The number of anilines is 1. The van der Waals surface area contributed by atoms with Gasteiger partial charge in [0.05, 0.1) is 35.9 Å². The van der Waals surface area contributed by atoms with E-state index in [1.807, 2.05) is 38.2 Å². The first-order valence-electron chi connectivity index (χ1n) is 11.5. The van der Waals surface area contributed by atoms with Gasteiger partial charge in [0.15, 0.2) is 11.5 Å². The van der Waals surface area contributed by atoms with Crippen molar-refractivity contribution < 1.29 is 4.74 Å². The molecule has 0 unspecified atom stereocenters. The van der Waals surface area contributed by atoms with Gasteiger partial charge >= 0.3 is 0 Å². The van der Waals surface area contributed by atoms with Crippen LogP contribution in [0.2, 0.25) is 0 Å². The Morgan fingerprint density at radius 2 is 1.82 bits per heavy atom. The minimum Gasteiger partial charge on any atom is -0.494 e. The summed E-state index contributed by atoms with van der Waals surface area (Å²) >= 11 is 0. The van der Waals surface area contributed by atoms with Crippen molar-refractivity contribution in [2.45, 2.75) is 62.8 Å². The first-order valence-corrected chi connectivity index (χ1v) is 11.5. The molecule has 170 valence electrons. The van der Waals surface area contributed by atoms with E-state index in [0.29, 0.717) is 34.7 Å². The summed E-state index contributed by atoms with van der Waals surface area (Å²) in [7, 11) is 1.63. The van der Waals surface area contributed by atoms with Crippen molar-refractivity contribution in [2.75, 3.05) is 12.8 Å². The molecule has 2 aliphatic carbocycles. The average molecular weight is 445 g/mol. The summed E-state index contributed by atoms with van der Waals surface area (Å²) in [5, 5.41) is 5.58. The Balaban J connectivity index is 1.31. The van der Waals surface area contributed by atoms with Crippen molar-refractivity contribution in [3.8, 4) is 5.75 Å². The van der Waals surface area contributed by atoms with E-state index in [0.717, 1.165) is 41.1 Å². The molecule has 4 N–H and O–H groups in total. The normalized spacial score (nSPS) is 20.8. The number of hydrogen-bond donors (Lipinski definition) is 2. The molecule has 0 atom stereocenters. The van der Waals surface area contributed by atoms with Crippen LogP contribution in [0.25, 0.3) is 16.6 Å². The highest BCUT2D eigenvalue weighted by molar-refractivity contribution is 5.95. The third-order valence-electron chi connectivity index (χ3n) is 6.87. The molecule has 0 amide bonds. The smallest absolute Gasteiger partial charge is 0.223 e. The van der Waals surface area contributed by atoms with E-state index in [4.69, 9.17) is 36.3 Å². The van der Waals surface area contributed by atoms with Gasteiger partial charge in [-0.1, -0.05) is 6.07 Å². The zero-order chi connectivity index (χ0) is 22.9. The maximum atomic E-state index is 6.28. The number of methoxy groups -OCH3 is 1. The number of para-hydroxylation sites is 1. The van der Waals surface area contributed by atoms with E-state index in [1.165, 1.54) is 12.8 Å². The Bertz CT molecular complexity index is 1380. The lowest BCUT2D eigenvalue weighted by molar-refractivity contribution is 0.328. The number of nitrogens with zero attached hydrogens (tertiary/aromatic N) is 6. The zero-order valence-electron chi connectivity index (χ0n) is 19.1. The maximum Gasteiger partial charge on any atom is 0.223 e. The summed E-state index contributed by atoms with van der Waals surface area (Å²) in [6.45, 7) is 3.95. The highest BCUT2D eigenvalue weighted by Gasteiger charge is 2.40. The highest BCUT2D eigenvalue weighted by Crippen LogP contribution is 2.50. The first kappa shape index (κ1) is 20.3. The van der Waals surface area contributed by atoms with Crippen molar-refractivity contribution in [1.29, 1.82) is 0 Å². The number of aromatic nitrogens is 6. The maximum absolute atomic E-state index is 6.28. The number of nitrogens with two attached hydrogens (primary N) is 2. The topological polar surface area (TPSA) is 130 Å². The van der Waals surface area contributed by atoms with Gasteiger partial charge < -0.3 is 16.2 Å². The van der Waals surface area contributed by atoms with Crippen LogP contribution in [0.4, 0.5) is 5.95 Å². The minimum absolute atomic E-state index is 0.259. The Labute approximate surface area is 191 Å². The molecule has 1 aromatic carbocycles. The molecular weight excluding hydrogens is 416 g/mol. The Morgan fingerprint density at radius 1 is 1.03 bits per heavy atom. The van der Waals surface area contributed by atoms with E-state index in [-0.39, 0.29) is 5.92 Å². The van der Waals surface area contributed by atoms with Crippen LogP contribution in [0.15, 0.2) is 24.4 Å². The molecule has 2 fully saturated rings. The lowest BCUT2D eigenvalue weighted by Crippen LogP contribution is -2.31. The summed E-state index contributed by atoms with van der Waals surface area (Å²) in [6, 6.07) is 5.77. The zero-order valence-corrected chi connectivity index (χ0v) is 19.1. The molecule has 0 spiro atoms. The van der Waals surface area contributed by atoms with Gasteiger partial charge in [-0.05, 0) is 51.7 Å². The molecule has 3 aromatic heterocycles. The molecule has 3 heterocycles. The van der Waals surface area contributed by atoms with Crippen LogP contribution in [-0.4, -0.2) is 36.7 Å². The second-order valence-corrected chi connectivity index (χ2v) is 9.92. The number of benzene rings is 1. The van der Waals surface area contributed by atoms with Crippen LogP contribution in [0.5, 0.6) is 5.75 Å². The van der Waals surface area contributed by atoms with Gasteiger partial charge in [-0.15, -0.1) is 5.10 Å². The monoisotopic (exact) mass is 444 g/mol. The molecule has 9 nitrogen and oxygen atoms in total. The fraction of sp³-hybridized carbons (Fsp3) is 0.458. The van der Waals surface area contributed by atoms with Crippen molar-refractivity contribution in [3.05, 3.63) is 47.3 Å². The Hall–Kier alpha value is -3.33. The third kappa shape index (κ3) is 3.30. The number of nitrogen functional groups attached to an aromatic ring is 1. The third-order valence-corrected chi connectivity index (χ3v) is 6.87. The van der Waals surface area contributed by atoms with Gasteiger partial charge in [0.1, 0.15) is 11.3 Å². The van der Waals surface area contributed by atoms with Crippen LogP contribution >= 0.6 is 0 Å². The number of rotatable bonds is 5. The SMILES string of the molecule is COc1cccc2c1nc(N)n1nc([C@H]3C[C@H](c4ncc(C(C)(C)N)nc4C4CC4)C3)nc21. The predicted octanol–water partition coefficient (Wildman–Crippen LogP) is 3.39. The molecule has 2 saturated carbocycles. The second-order valence-electron chi connectivity index (χ2n) is 9.92. The molecule has 0 aliphatic heterocycles. The van der Waals surface area contributed by atoms with Crippen molar-refractivity contribution in [3.63, 3.8) is 0 Å². The summed E-state index contributed by atoms with van der Waals surface area (Å²) in [6.07, 6.45) is 6.12. The summed E-state index contributed by atoms with van der Waals surface area (Å²) in [5.74, 6) is 2.93. The van der Waals surface area contributed by atoms with Gasteiger partial charge in [-0.25, -0.2) is 9.97 Å². The lowest BCUT2D eigenvalue weighted by Gasteiger charge is -2.34. The van der Waals surface area contributed by atoms with Crippen LogP contribution in [0.3, 0.4) is 0 Å². The first-order chi connectivity index (χ1) is 15.8.